The van der Waals surface area contributed by atoms with Gasteiger partial charge in [0.15, 0.2) is 0 Å². The second-order valence-electron chi connectivity index (χ2n) is 4.75. The molecule has 0 aliphatic rings. The van der Waals surface area contributed by atoms with Crippen LogP contribution in [-0.4, -0.2) is 23.4 Å². The lowest BCUT2D eigenvalue weighted by Gasteiger charge is -2.25. The van der Waals surface area contributed by atoms with Gasteiger partial charge < -0.3 is 0 Å². The van der Waals surface area contributed by atoms with E-state index in [-0.39, 0.29) is 11.9 Å². The van der Waals surface area contributed by atoms with E-state index in [0.29, 0.717) is 30.6 Å². The van der Waals surface area contributed by atoms with Gasteiger partial charge in [-0.1, -0.05) is 0 Å². The van der Waals surface area contributed by atoms with Crippen LogP contribution in [0.1, 0.15) is 36.2 Å². The topological polar surface area (TPSA) is 82.2 Å². The number of hydrazine groups is 1. The van der Waals surface area contributed by atoms with E-state index in [2.05, 4.69) is 6.07 Å². The maximum absolute atomic E-state index is 13.8. The highest BCUT2D eigenvalue weighted by atomic mass is 19.1. The van der Waals surface area contributed by atoms with Crippen LogP contribution in [0.25, 0.3) is 0 Å². The number of nitrogen functional groups attached to an aromatic ring is 1. The summed E-state index contributed by atoms with van der Waals surface area (Å²) < 4.78 is 13.8. The van der Waals surface area contributed by atoms with Crippen LogP contribution in [0, 0.1) is 17.1 Å². The lowest BCUT2D eigenvalue weighted by molar-refractivity contribution is 0.0953. The molecule has 0 aliphatic carbocycles. The number of halogens is 1. The Hall–Kier alpha value is -1.97. The molecule has 6 heteroatoms. The first-order valence-corrected chi connectivity index (χ1v) is 6.40. The second-order valence-corrected chi connectivity index (χ2v) is 4.75. The van der Waals surface area contributed by atoms with Crippen molar-refractivity contribution in [2.75, 3.05) is 6.54 Å². The Morgan fingerprint density at radius 2 is 2.25 bits per heavy atom. The molecule has 0 saturated carbocycles. The standard InChI is InChI=1S/C14H19FN4O/c1-10(2)19(7-3-6-16)9-12-8-11(14(20)18-17)4-5-13(12)15/h4-5,8,10H,3,7,9,17H2,1-2H3,(H,18,20). The van der Waals surface area contributed by atoms with E-state index in [1.54, 1.807) is 0 Å². The first-order chi connectivity index (χ1) is 9.49. The average molecular weight is 278 g/mol. The SMILES string of the molecule is CC(C)N(CCC#N)Cc1cc(C(=O)NN)ccc1F. The number of benzene rings is 1. The minimum Gasteiger partial charge on any atom is -0.296 e. The van der Waals surface area contributed by atoms with Gasteiger partial charge in [-0.25, -0.2) is 10.2 Å². The van der Waals surface area contributed by atoms with E-state index >= 15 is 0 Å². The maximum Gasteiger partial charge on any atom is 0.265 e. The first kappa shape index (κ1) is 16.1. The molecule has 0 saturated heterocycles. The van der Waals surface area contributed by atoms with Gasteiger partial charge in [0.1, 0.15) is 5.82 Å². The summed E-state index contributed by atoms with van der Waals surface area (Å²) in [4.78, 5) is 13.4. The predicted molar refractivity (Wildman–Crippen MR) is 73.8 cm³/mol. The van der Waals surface area contributed by atoms with E-state index in [0.717, 1.165) is 0 Å². The Labute approximate surface area is 118 Å². The summed E-state index contributed by atoms with van der Waals surface area (Å²) in [5.74, 6) is 4.23. The van der Waals surface area contributed by atoms with Gasteiger partial charge in [-0.15, -0.1) is 0 Å². The van der Waals surface area contributed by atoms with E-state index in [1.807, 2.05) is 24.2 Å². The third-order valence-corrected chi connectivity index (χ3v) is 3.05. The van der Waals surface area contributed by atoms with Crippen molar-refractivity contribution in [2.24, 2.45) is 5.84 Å². The number of hydrogen-bond acceptors (Lipinski definition) is 4. The molecule has 0 aliphatic heterocycles. The van der Waals surface area contributed by atoms with Crippen LogP contribution in [0.4, 0.5) is 4.39 Å². The highest BCUT2D eigenvalue weighted by molar-refractivity contribution is 5.93. The van der Waals surface area contributed by atoms with Crippen LogP contribution in [-0.2, 0) is 6.54 Å². The van der Waals surface area contributed by atoms with E-state index < -0.39 is 5.91 Å². The number of rotatable bonds is 6. The molecule has 3 N–H and O–H groups in total. The molecule has 20 heavy (non-hydrogen) atoms. The predicted octanol–water partition coefficient (Wildman–Crippen LogP) is 1.55. The van der Waals surface area contributed by atoms with Gasteiger partial charge >= 0.3 is 0 Å². The Morgan fingerprint density at radius 1 is 1.55 bits per heavy atom. The number of nitrogens with two attached hydrogens (primary N) is 1. The molecule has 1 aromatic rings. The van der Waals surface area contributed by atoms with Gasteiger partial charge in [0.25, 0.3) is 5.91 Å². The molecule has 0 aromatic heterocycles. The molecule has 5 nitrogen and oxygen atoms in total. The lowest BCUT2D eigenvalue weighted by atomic mass is 10.1. The van der Waals surface area contributed by atoms with Gasteiger partial charge in [0.2, 0.25) is 0 Å². The second kappa shape index (κ2) is 7.58. The van der Waals surface area contributed by atoms with Crippen molar-refractivity contribution in [2.45, 2.75) is 32.9 Å². The van der Waals surface area contributed by atoms with Crippen LogP contribution < -0.4 is 11.3 Å². The largest absolute Gasteiger partial charge is 0.296 e. The maximum atomic E-state index is 13.8. The Balaban J connectivity index is 2.94. The van der Waals surface area contributed by atoms with E-state index in [9.17, 15) is 9.18 Å². The van der Waals surface area contributed by atoms with Crippen molar-refractivity contribution < 1.29 is 9.18 Å². The fourth-order valence-corrected chi connectivity index (χ4v) is 1.85. The lowest BCUT2D eigenvalue weighted by Crippen LogP contribution is -2.32. The van der Waals surface area contributed by atoms with Crippen molar-refractivity contribution in [3.05, 3.63) is 35.1 Å². The molecule has 0 unspecified atom stereocenters. The first-order valence-electron chi connectivity index (χ1n) is 6.40. The fourth-order valence-electron chi connectivity index (χ4n) is 1.85. The van der Waals surface area contributed by atoms with Crippen molar-refractivity contribution in [3.63, 3.8) is 0 Å². The van der Waals surface area contributed by atoms with Crippen molar-refractivity contribution >= 4 is 5.91 Å². The Kier molecular flexibility index (Phi) is 6.10. The third-order valence-electron chi connectivity index (χ3n) is 3.05. The fraction of sp³-hybridized carbons (Fsp3) is 0.429. The van der Waals surface area contributed by atoms with Crippen LogP contribution in [0.3, 0.4) is 0 Å². The van der Waals surface area contributed by atoms with Gasteiger partial charge in [-0.2, -0.15) is 5.26 Å². The summed E-state index contributed by atoms with van der Waals surface area (Å²) in [6.07, 6.45) is 0.378. The van der Waals surface area contributed by atoms with Crippen molar-refractivity contribution in [3.8, 4) is 6.07 Å². The summed E-state index contributed by atoms with van der Waals surface area (Å²) >= 11 is 0. The molecule has 108 valence electrons. The molecule has 1 rings (SSSR count). The summed E-state index contributed by atoms with van der Waals surface area (Å²) in [7, 11) is 0. The summed E-state index contributed by atoms with van der Waals surface area (Å²) in [6.45, 7) is 4.86. The van der Waals surface area contributed by atoms with E-state index in [1.165, 1.54) is 18.2 Å². The van der Waals surface area contributed by atoms with Gasteiger partial charge in [-0.3, -0.25) is 15.1 Å². The van der Waals surface area contributed by atoms with Crippen LogP contribution in [0.15, 0.2) is 18.2 Å². The molecule has 0 radical (unpaired) electrons. The molecule has 0 spiro atoms. The number of carbonyl (C=O) groups excluding carboxylic acids is 1. The smallest absolute Gasteiger partial charge is 0.265 e. The Bertz CT molecular complexity index is 510. The van der Waals surface area contributed by atoms with Crippen LogP contribution >= 0.6 is 0 Å². The van der Waals surface area contributed by atoms with Gasteiger partial charge in [0.05, 0.1) is 6.07 Å². The molecule has 0 heterocycles. The van der Waals surface area contributed by atoms with Crippen LogP contribution in [0.2, 0.25) is 0 Å². The number of carbonyl (C=O) groups is 1. The Morgan fingerprint density at radius 3 is 2.80 bits per heavy atom. The molecule has 1 aromatic carbocycles. The highest BCUT2D eigenvalue weighted by Gasteiger charge is 2.14. The zero-order valence-corrected chi connectivity index (χ0v) is 11.7. The molecule has 0 bridgehead atoms. The quantitative estimate of drug-likeness (QED) is 0.470. The molecule has 1 amide bonds. The normalized spacial score (nSPS) is 10.7. The highest BCUT2D eigenvalue weighted by Crippen LogP contribution is 2.15. The summed E-state index contributed by atoms with van der Waals surface area (Å²) in [5.41, 5.74) is 2.75. The average Bonchev–Trinajstić information content (AvgIpc) is 2.44. The number of nitriles is 1. The number of amides is 1. The minimum atomic E-state index is -0.459. The summed E-state index contributed by atoms with van der Waals surface area (Å²) in [6, 6.07) is 6.37. The minimum absolute atomic E-state index is 0.176. The number of nitrogens with one attached hydrogen (secondary N) is 1. The molecule has 0 atom stereocenters. The molecular weight excluding hydrogens is 259 g/mol. The number of nitrogens with zero attached hydrogens (tertiary/aromatic N) is 2. The monoisotopic (exact) mass is 278 g/mol. The third kappa shape index (κ3) is 4.30. The van der Waals surface area contributed by atoms with Crippen molar-refractivity contribution in [1.29, 1.82) is 5.26 Å². The number of hydrogen-bond donors (Lipinski definition) is 2. The molecular formula is C14H19FN4O. The van der Waals surface area contributed by atoms with Crippen molar-refractivity contribution in [1.82, 2.24) is 10.3 Å². The zero-order valence-electron chi connectivity index (χ0n) is 11.7. The van der Waals surface area contributed by atoms with Crippen LogP contribution in [0.5, 0.6) is 0 Å². The summed E-state index contributed by atoms with van der Waals surface area (Å²) in [5, 5.41) is 8.65. The van der Waals surface area contributed by atoms with Gasteiger partial charge in [0, 0.05) is 36.7 Å². The zero-order chi connectivity index (χ0) is 15.1. The molecule has 0 fully saturated rings. The van der Waals surface area contributed by atoms with Gasteiger partial charge in [-0.05, 0) is 32.0 Å². The van der Waals surface area contributed by atoms with E-state index in [4.69, 9.17) is 11.1 Å².